The molecule has 0 aliphatic rings. The molecule has 120 valence electrons. The first-order valence-corrected chi connectivity index (χ1v) is 8.66. The van der Waals surface area contributed by atoms with Crippen molar-refractivity contribution in [3.05, 3.63) is 33.8 Å². The fourth-order valence-corrected chi connectivity index (χ4v) is 3.19. The van der Waals surface area contributed by atoms with Gasteiger partial charge in [0.05, 0.1) is 0 Å². The second-order valence-electron chi connectivity index (χ2n) is 5.62. The summed E-state index contributed by atoms with van der Waals surface area (Å²) >= 11 is 12.2. The van der Waals surface area contributed by atoms with Crippen LogP contribution in [0.15, 0.2) is 18.2 Å². The molecule has 1 N–H and O–H groups in total. The van der Waals surface area contributed by atoms with Crippen LogP contribution >= 0.6 is 23.2 Å². The van der Waals surface area contributed by atoms with E-state index in [0.717, 1.165) is 23.7 Å². The predicted octanol–water partition coefficient (Wildman–Crippen LogP) is 5.15. The maximum atomic E-state index is 6.26. The molecule has 0 bridgehead atoms. The SMILES string of the molecule is CCN(CC)CCCC(C)NC(C)c1ccc(Cl)cc1Cl. The summed E-state index contributed by atoms with van der Waals surface area (Å²) in [5, 5.41) is 5.04. The molecule has 0 aliphatic heterocycles. The van der Waals surface area contributed by atoms with Crippen LogP contribution < -0.4 is 5.32 Å². The van der Waals surface area contributed by atoms with E-state index in [-0.39, 0.29) is 6.04 Å². The van der Waals surface area contributed by atoms with Crippen molar-refractivity contribution in [2.24, 2.45) is 0 Å². The van der Waals surface area contributed by atoms with E-state index >= 15 is 0 Å². The van der Waals surface area contributed by atoms with Gasteiger partial charge in [-0.25, -0.2) is 0 Å². The Morgan fingerprint density at radius 1 is 1.14 bits per heavy atom. The third-order valence-corrected chi connectivity index (χ3v) is 4.53. The number of rotatable bonds is 9. The lowest BCUT2D eigenvalue weighted by atomic mass is 10.1. The van der Waals surface area contributed by atoms with E-state index in [1.807, 2.05) is 18.2 Å². The first kappa shape index (κ1) is 18.8. The van der Waals surface area contributed by atoms with Gasteiger partial charge in [0, 0.05) is 22.1 Å². The molecule has 0 spiro atoms. The fraction of sp³-hybridized carbons (Fsp3) is 0.647. The van der Waals surface area contributed by atoms with Crippen LogP contribution in [0, 0.1) is 0 Å². The van der Waals surface area contributed by atoms with Crippen molar-refractivity contribution in [2.75, 3.05) is 19.6 Å². The van der Waals surface area contributed by atoms with Crippen LogP contribution in [0.5, 0.6) is 0 Å². The van der Waals surface area contributed by atoms with Crippen LogP contribution in [0.2, 0.25) is 10.0 Å². The zero-order chi connectivity index (χ0) is 15.8. The van der Waals surface area contributed by atoms with Crippen LogP contribution in [-0.2, 0) is 0 Å². The van der Waals surface area contributed by atoms with Crippen LogP contribution in [-0.4, -0.2) is 30.6 Å². The molecule has 0 amide bonds. The number of nitrogens with one attached hydrogen (secondary N) is 1. The lowest BCUT2D eigenvalue weighted by molar-refractivity contribution is 0.288. The van der Waals surface area contributed by atoms with Crippen LogP contribution in [0.25, 0.3) is 0 Å². The van der Waals surface area contributed by atoms with Gasteiger partial charge in [-0.15, -0.1) is 0 Å². The number of benzene rings is 1. The third-order valence-electron chi connectivity index (χ3n) is 3.97. The minimum Gasteiger partial charge on any atom is -0.308 e. The van der Waals surface area contributed by atoms with Crippen molar-refractivity contribution in [2.45, 2.75) is 52.6 Å². The van der Waals surface area contributed by atoms with E-state index in [2.05, 4.69) is 37.9 Å². The smallest absolute Gasteiger partial charge is 0.0468 e. The van der Waals surface area contributed by atoms with Gasteiger partial charge in [0.1, 0.15) is 0 Å². The standard InChI is InChI=1S/C17H28Cl2N2/c1-5-21(6-2)11-7-8-13(3)20-14(4)16-10-9-15(18)12-17(16)19/h9-10,12-14,20H,5-8,11H2,1-4H3. The monoisotopic (exact) mass is 330 g/mol. The summed E-state index contributed by atoms with van der Waals surface area (Å²) < 4.78 is 0. The molecule has 21 heavy (non-hydrogen) atoms. The summed E-state index contributed by atoms with van der Waals surface area (Å²) in [5.74, 6) is 0. The Hall–Kier alpha value is -0.280. The second kappa shape index (κ2) is 9.68. The summed E-state index contributed by atoms with van der Waals surface area (Å²) in [5.41, 5.74) is 1.11. The summed E-state index contributed by atoms with van der Waals surface area (Å²) in [6.07, 6.45) is 2.39. The molecule has 0 aromatic heterocycles. The van der Waals surface area contributed by atoms with E-state index in [9.17, 15) is 0 Å². The highest BCUT2D eigenvalue weighted by Gasteiger charge is 2.13. The van der Waals surface area contributed by atoms with Gasteiger partial charge >= 0.3 is 0 Å². The number of halogens is 2. The van der Waals surface area contributed by atoms with Gasteiger partial charge in [0.25, 0.3) is 0 Å². The van der Waals surface area contributed by atoms with Crippen molar-refractivity contribution in [3.63, 3.8) is 0 Å². The lowest BCUT2D eigenvalue weighted by Crippen LogP contribution is -2.31. The first-order valence-electron chi connectivity index (χ1n) is 7.91. The number of hydrogen-bond acceptors (Lipinski definition) is 2. The molecule has 1 aromatic rings. The zero-order valence-corrected chi connectivity index (χ0v) is 15.1. The minimum atomic E-state index is 0.234. The Morgan fingerprint density at radius 3 is 2.38 bits per heavy atom. The van der Waals surface area contributed by atoms with Gasteiger partial charge in [0.2, 0.25) is 0 Å². The average Bonchev–Trinajstić information content (AvgIpc) is 2.43. The van der Waals surface area contributed by atoms with E-state index < -0.39 is 0 Å². The summed E-state index contributed by atoms with van der Waals surface area (Å²) in [6, 6.07) is 6.42. The molecule has 2 nitrogen and oxygen atoms in total. The highest BCUT2D eigenvalue weighted by Crippen LogP contribution is 2.26. The average molecular weight is 331 g/mol. The Labute approximate surface area is 139 Å². The molecular formula is C17H28Cl2N2. The Balaban J connectivity index is 2.41. The summed E-state index contributed by atoms with van der Waals surface area (Å²) in [4.78, 5) is 2.46. The van der Waals surface area contributed by atoms with E-state index in [0.29, 0.717) is 11.1 Å². The Bertz CT molecular complexity index is 419. The minimum absolute atomic E-state index is 0.234. The maximum absolute atomic E-state index is 6.26. The normalized spacial score (nSPS) is 14.4. The van der Waals surface area contributed by atoms with Crippen molar-refractivity contribution < 1.29 is 0 Å². The Kier molecular flexibility index (Phi) is 8.65. The quantitative estimate of drug-likeness (QED) is 0.673. The molecule has 1 aromatic carbocycles. The van der Waals surface area contributed by atoms with Gasteiger partial charge in [-0.05, 0) is 64.0 Å². The van der Waals surface area contributed by atoms with Gasteiger partial charge in [0.15, 0.2) is 0 Å². The molecule has 0 saturated carbocycles. The van der Waals surface area contributed by atoms with Crippen LogP contribution in [0.1, 0.15) is 52.1 Å². The van der Waals surface area contributed by atoms with E-state index in [4.69, 9.17) is 23.2 Å². The first-order chi connectivity index (χ1) is 9.97. The lowest BCUT2D eigenvalue weighted by Gasteiger charge is -2.23. The highest BCUT2D eigenvalue weighted by atomic mass is 35.5. The molecule has 0 heterocycles. The number of nitrogens with zero attached hydrogens (tertiary/aromatic N) is 1. The number of hydrogen-bond donors (Lipinski definition) is 1. The molecule has 2 unspecified atom stereocenters. The molecular weight excluding hydrogens is 303 g/mol. The maximum Gasteiger partial charge on any atom is 0.0468 e. The van der Waals surface area contributed by atoms with Crippen LogP contribution in [0.3, 0.4) is 0 Å². The van der Waals surface area contributed by atoms with E-state index in [1.54, 1.807) is 0 Å². The topological polar surface area (TPSA) is 15.3 Å². The van der Waals surface area contributed by atoms with Crippen molar-refractivity contribution >= 4 is 23.2 Å². The van der Waals surface area contributed by atoms with Gasteiger partial charge < -0.3 is 10.2 Å². The summed E-state index contributed by atoms with van der Waals surface area (Å²) in [6.45, 7) is 12.3. The molecule has 1 rings (SSSR count). The van der Waals surface area contributed by atoms with Gasteiger partial charge in [-0.1, -0.05) is 43.1 Å². The molecule has 0 radical (unpaired) electrons. The molecule has 2 atom stereocenters. The highest BCUT2D eigenvalue weighted by molar-refractivity contribution is 6.35. The van der Waals surface area contributed by atoms with Crippen LogP contribution in [0.4, 0.5) is 0 Å². The van der Waals surface area contributed by atoms with Gasteiger partial charge in [-0.2, -0.15) is 0 Å². The third kappa shape index (κ3) is 6.56. The van der Waals surface area contributed by atoms with Crippen molar-refractivity contribution in [1.82, 2.24) is 10.2 Å². The molecule has 0 saturated heterocycles. The van der Waals surface area contributed by atoms with Gasteiger partial charge in [-0.3, -0.25) is 0 Å². The summed E-state index contributed by atoms with van der Waals surface area (Å²) in [7, 11) is 0. The molecule has 0 fully saturated rings. The van der Waals surface area contributed by atoms with Crippen molar-refractivity contribution in [1.29, 1.82) is 0 Å². The van der Waals surface area contributed by atoms with Crippen molar-refractivity contribution in [3.8, 4) is 0 Å². The second-order valence-corrected chi connectivity index (χ2v) is 6.47. The zero-order valence-electron chi connectivity index (χ0n) is 13.6. The molecule has 4 heteroatoms. The Morgan fingerprint density at radius 2 is 1.81 bits per heavy atom. The van der Waals surface area contributed by atoms with E-state index in [1.165, 1.54) is 19.4 Å². The largest absolute Gasteiger partial charge is 0.308 e. The molecule has 0 aliphatic carbocycles. The fourth-order valence-electron chi connectivity index (χ4n) is 2.61. The predicted molar refractivity (Wildman–Crippen MR) is 94.5 cm³/mol.